The predicted molar refractivity (Wildman–Crippen MR) is 109 cm³/mol. The lowest BCUT2D eigenvalue weighted by molar-refractivity contribution is 0.698. The summed E-state index contributed by atoms with van der Waals surface area (Å²) >= 11 is 0. The number of benzene rings is 2. The third kappa shape index (κ3) is 4.02. The molecule has 0 saturated heterocycles. The van der Waals surface area contributed by atoms with Crippen molar-refractivity contribution in [2.24, 2.45) is 4.99 Å². The maximum Gasteiger partial charge on any atom is 0.204 e. The summed E-state index contributed by atoms with van der Waals surface area (Å²) in [5, 5.41) is 3.48. The minimum Gasteiger partial charge on any atom is -0.353 e. The van der Waals surface area contributed by atoms with Crippen molar-refractivity contribution in [2.45, 2.75) is 39.8 Å². The van der Waals surface area contributed by atoms with E-state index >= 15 is 0 Å². The van der Waals surface area contributed by atoms with Gasteiger partial charge in [0.25, 0.3) is 0 Å². The Morgan fingerprint density at radius 1 is 0.885 bits per heavy atom. The molecule has 0 saturated carbocycles. The molecule has 0 radical (unpaired) electrons. The van der Waals surface area contributed by atoms with Crippen molar-refractivity contribution in [3.05, 3.63) is 67.0 Å². The van der Waals surface area contributed by atoms with Gasteiger partial charge in [0.05, 0.1) is 11.4 Å². The molecule has 0 aliphatic rings. The van der Waals surface area contributed by atoms with Gasteiger partial charge in [-0.3, -0.25) is 4.57 Å². The normalized spacial score (nSPS) is 12.0. The Kier molecular flexibility index (Phi) is 5.52. The van der Waals surface area contributed by atoms with Gasteiger partial charge < -0.3 is 5.32 Å². The van der Waals surface area contributed by atoms with Crippen LogP contribution < -0.4 is 5.32 Å². The molecule has 0 unspecified atom stereocenters. The highest BCUT2D eigenvalue weighted by molar-refractivity contribution is 5.91. The van der Waals surface area contributed by atoms with Crippen LogP contribution >= 0.6 is 0 Å². The molecule has 0 aliphatic heterocycles. The van der Waals surface area contributed by atoms with Gasteiger partial charge in [0.1, 0.15) is 6.33 Å². The number of hydrogen-bond acceptors (Lipinski definition) is 2. The first-order valence-electron chi connectivity index (χ1n) is 9.09. The average molecular weight is 346 g/mol. The van der Waals surface area contributed by atoms with E-state index in [0.717, 1.165) is 28.5 Å². The summed E-state index contributed by atoms with van der Waals surface area (Å²) < 4.78 is 2.07. The smallest absolute Gasteiger partial charge is 0.204 e. The fourth-order valence-corrected chi connectivity index (χ4v) is 2.86. The van der Waals surface area contributed by atoms with Crippen LogP contribution in [-0.4, -0.2) is 27.6 Å². The van der Waals surface area contributed by atoms with Crippen LogP contribution in [0.1, 0.15) is 27.7 Å². The van der Waals surface area contributed by atoms with E-state index in [1.54, 1.807) is 0 Å². The minimum absolute atomic E-state index is 0.183. The summed E-state index contributed by atoms with van der Waals surface area (Å²) in [4.78, 5) is 9.55. The van der Waals surface area contributed by atoms with Crippen LogP contribution in [0.5, 0.6) is 0 Å². The molecule has 1 heterocycles. The maximum absolute atomic E-state index is 4.81. The molecule has 0 bridgehead atoms. The fourth-order valence-electron chi connectivity index (χ4n) is 2.86. The maximum atomic E-state index is 4.81. The lowest BCUT2D eigenvalue weighted by atomic mass is 10.0. The lowest BCUT2D eigenvalue weighted by Gasteiger charge is -2.18. The van der Waals surface area contributed by atoms with E-state index in [1.807, 2.05) is 30.6 Å². The summed E-state index contributed by atoms with van der Waals surface area (Å²) in [6, 6.07) is 21.1. The van der Waals surface area contributed by atoms with Crippen LogP contribution in [0.4, 0.5) is 0 Å². The molecule has 1 aromatic heterocycles. The SMILES string of the molecule is CC(C)N=C(NC(C)C)n1cnc(-c2ccccc2)c1-c1ccccc1. The van der Waals surface area contributed by atoms with Gasteiger partial charge in [0.2, 0.25) is 5.96 Å². The molecule has 3 rings (SSSR count). The summed E-state index contributed by atoms with van der Waals surface area (Å²) in [6.45, 7) is 8.40. The largest absolute Gasteiger partial charge is 0.353 e. The Morgan fingerprint density at radius 2 is 1.46 bits per heavy atom. The molecule has 3 aromatic rings. The monoisotopic (exact) mass is 346 g/mol. The van der Waals surface area contributed by atoms with Crippen molar-refractivity contribution in [2.75, 3.05) is 0 Å². The van der Waals surface area contributed by atoms with E-state index in [-0.39, 0.29) is 12.1 Å². The van der Waals surface area contributed by atoms with Crippen molar-refractivity contribution in [3.8, 4) is 22.5 Å². The second-order valence-electron chi connectivity index (χ2n) is 6.89. The van der Waals surface area contributed by atoms with E-state index in [1.165, 1.54) is 0 Å². The summed E-state index contributed by atoms with van der Waals surface area (Å²) in [6.07, 6.45) is 1.86. The van der Waals surface area contributed by atoms with E-state index in [9.17, 15) is 0 Å². The van der Waals surface area contributed by atoms with Gasteiger partial charge in [0.15, 0.2) is 0 Å². The number of aliphatic imine (C=N–C) groups is 1. The molecule has 26 heavy (non-hydrogen) atoms. The van der Waals surface area contributed by atoms with Crippen LogP contribution in [0.3, 0.4) is 0 Å². The molecule has 0 atom stereocenters. The molecular formula is C22H26N4. The van der Waals surface area contributed by atoms with E-state index in [4.69, 9.17) is 9.98 Å². The Labute approximate surface area is 155 Å². The van der Waals surface area contributed by atoms with Gasteiger partial charge in [-0.05, 0) is 27.7 Å². The van der Waals surface area contributed by atoms with Crippen molar-refractivity contribution >= 4 is 5.96 Å². The third-order valence-electron chi connectivity index (χ3n) is 3.89. The first-order valence-corrected chi connectivity index (χ1v) is 9.09. The number of nitrogens with zero attached hydrogens (tertiary/aromatic N) is 3. The van der Waals surface area contributed by atoms with Gasteiger partial charge >= 0.3 is 0 Å². The molecule has 134 valence electrons. The molecule has 4 nitrogen and oxygen atoms in total. The van der Waals surface area contributed by atoms with Crippen molar-refractivity contribution in [1.82, 2.24) is 14.9 Å². The first-order chi connectivity index (χ1) is 12.6. The zero-order valence-electron chi connectivity index (χ0n) is 15.8. The molecule has 0 amide bonds. The van der Waals surface area contributed by atoms with Crippen LogP contribution in [-0.2, 0) is 0 Å². The molecular weight excluding hydrogens is 320 g/mol. The quantitative estimate of drug-likeness (QED) is 0.543. The van der Waals surface area contributed by atoms with Gasteiger partial charge in [-0.15, -0.1) is 0 Å². The zero-order chi connectivity index (χ0) is 18.5. The Balaban J connectivity index is 2.21. The molecule has 0 aliphatic carbocycles. The first kappa shape index (κ1) is 17.9. The number of aromatic nitrogens is 2. The Hall–Kier alpha value is -2.88. The van der Waals surface area contributed by atoms with Crippen LogP contribution in [0.15, 0.2) is 72.0 Å². The summed E-state index contributed by atoms with van der Waals surface area (Å²) in [5.41, 5.74) is 4.22. The lowest BCUT2D eigenvalue weighted by Crippen LogP contribution is -2.36. The molecule has 0 spiro atoms. The Morgan fingerprint density at radius 3 is 2.00 bits per heavy atom. The zero-order valence-corrected chi connectivity index (χ0v) is 15.8. The van der Waals surface area contributed by atoms with Gasteiger partial charge in [0, 0.05) is 23.2 Å². The van der Waals surface area contributed by atoms with Gasteiger partial charge in [-0.1, -0.05) is 60.7 Å². The van der Waals surface area contributed by atoms with E-state index in [2.05, 4.69) is 74.0 Å². The number of nitrogens with one attached hydrogen (secondary N) is 1. The summed E-state index contributed by atoms with van der Waals surface area (Å²) in [7, 11) is 0. The fraction of sp³-hybridized carbons (Fsp3) is 0.273. The van der Waals surface area contributed by atoms with Crippen LogP contribution in [0.2, 0.25) is 0 Å². The average Bonchev–Trinajstić information content (AvgIpc) is 3.07. The van der Waals surface area contributed by atoms with E-state index in [0.29, 0.717) is 0 Å². The predicted octanol–water partition coefficient (Wildman–Crippen LogP) is 4.83. The van der Waals surface area contributed by atoms with Gasteiger partial charge in [-0.25, -0.2) is 9.98 Å². The topological polar surface area (TPSA) is 42.2 Å². The molecule has 4 heteroatoms. The molecule has 2 aromatic carbocycles. The van der Waals surface area contributed by atoms with E-state index < -0.39 is 0 Å². The van der Waals surface area contributed by atoms with Crippen molar-refractivity contribution in [1.29, 1.82) is 0 Å². The summed E-state index contributed by atoms with van der Waals surface area (Å²) in [5.74, 6) is 0.823. The standard InChI is InChI=1S/C22H26N4/c1-16(2)24-22(25-17(3)4)26-15-23-20(18-11-7-5-8-12-18)21(26)19-13-9-6-10-14-19/h5-17H,1-4H3,(H,24,25). The van der Waals surface area contributed by atoms with Gasteiger partial charge in [-0.2, -0.15) is 0 Å². The Bertz CT molecular complexity index is 862. The van der Waals surface area contributed by atoms with Crippen LogP contribution in [0, 0.1) is 0 Å². The minimum atomic E-state index is 0.183. The van der Waals surface area contributed by atoms with Crippen LogP contribution in [0.25, 0.3) is 22.5 Å². The molecule has 1 N–H and O–H groups in total. The van der Waals surface area contributed by atoms with Crippen molar-refractivity contribution in [3.63, 3.8) is 0 Å². The number of rotatable bonds is 4. The molecule has 0 fully saturated rings. The highest BCUT2D eigenvalue weighted by Crippen LogP contribution is 2.31. The number of imidazole rings is 1. The highest BCUT2D eigenvalue weighted by atomic mass is 15.3. The highest BCUT2D eigenvalue weighted by Gasteiger charge is 2.18. The second-order valence-corrected chi connectivity index (χ2v) is 6.89. The van der Waals surface area contributed by atoms with Crippen molar-refractivity contribution < 1.29 is 0 Å². The second kappa shape index (κ2) is 8.00. The third-order valence-corrected chi connectivity index (χ3v) is 3.89. The number of hydrogen-bond donors (Lipinski definition) is 1.